The van der Waals surface area contributed by atoms with Crippen LogP contribution in [0.1, 0.15) is 149 Å². The van der Waals surface area contributed by atoms with Crippen LogP contribution in [0.3, 0.4) is 0 Å². The first kappa shape index (κ1) is 32.5. The highest BCUT2D eigenvalue weighted by Gasteiger charge is 2.35. The number of rotatable bonds is 23. The third-order valence-corrected chi connectivity index (χ3v) is 9.15. The molecule has 0 aromatic rings. The van der Waals surface area contributed by atoms with Gasteiger partial charge in [0.25, 0.3) is 0 Å². The Morgan fingerprint density at radius 2 is 1.51 bits per heavy atom. The summed E-state index contributed by atoms with van der Waals surface area (Å²) in [5.74, 6) is 1.24. The van der Waals surface area contributed by atoms with E-state index in [2.05, 4.69) is 13.8 Å². The van der Waals surface area contributed by atoms with Gasteiger partial charge < -0.3 is 9.84 Å². The molecule has 1 fully saturated rings. The highest BCUT2D eigenvalue weighted by molar-refractivity contribution is 8.00. The van der Waals surface area contributed by atoms with Crippen LogP contribution >= 0.6 is 11.8 Å². The predicted molar refractivity (Wildman–Crippen MR) is 150 cm³/mol. The second-order valence-corrected chi connectivity index (χ2v) is 12.3. The van der Waals surface area contributed by atoms with Gasteiger partial charge in [0.05, 0.1) is 12.2 Å². The van der Waals surface area contributed by atoms with Crippen molar-refractivity contribution in [2.75, 3.05) is 12.4 Å². The maximum absolute atomic E-state index is 12.4. The van der Waals surface area contributed by atoms with Gasteiger partial charge in [-0.2, -0.15) is 11.8 Å². The number of carbonyl (C=O) groups is 2. The van der Waals surface area contributed by atoms with Gasteiger partial charge in [0.15, 0.2) is 0 Å². The molecule has 5 heteroatoms. The molecular formula is C30H56O4S. The molecule has 0 radical (unpaired) electrons. The molecular weight excluding hydrogens is 456 g/mol. The largest absolute Gasteiger partial charge is 0.466 e. The number of thioether (sulfide) groups is 1. The Bertz CT molecular complexity index is 548. The van der Waals surface area contributed by atoms with Gasteiger partial charge in [-0.05, 0) is 39.0 Å². The standard InChI is InChI=1S/C30H56O4S/c1-4-6-8-9-10-11-14-18-24-34-29(32)20-16-13-12-15-19-26-27(31)21-22-28(26)35-25-30(3,33)23-17-7-5-2/h26,28,33H,4-25H2,1-3H3. The minimum atomic E-state index is -0.626. The summed E-state index contributed by atoms with van der Waals surface area (Å²) in [7, 11) is 0. The minimum absolute atomic E-state index is 0.0543. The molecule has 3 unspecified atom stereocenters. The molecule has 0 aromatic heterocycles. The van der Waals surface area contributed by atoms with Gasteiger partial charge in [-0.3, -0.25) is 9.59 Å². The summed E-state index contributed by atoms with van der Waals surface area (Å²) in [6.07, 6.45) is 21.5. The summed E-state index contributed by atoms with van der Waals surface area (Å²) >= 11 is 1.82. The molecule has 0 saturated heterocycles. The lowest BCUT2D eigenvalue weighted by Gasteiger charge is -2.26. The van der Waals surface area contributed by atoms with E-state index in [1.54, 1.807) is 0 Å². The maximum Gasteiger partial charge on any atom is 0.305 e. The molecule has 3 atom stereocenters. The second-order valence-electron chi connectivity index (χ2n) is 11.1. The fourth-order valence-electron chi connectivity index (χ4n) is 5.02. The lowest BCUT2D eigenvalue weighted by molar-refractivity contribution is -0.143. The number of hydrogen-bond acceptors (Lipinski definition) is 5. The zero-order valence-corrected chi connectivity index (χ0v) is 24.1. The van der Waals surface area contributed by atoms with E-state index in [4.69, 9.17) is 4.74 Å². The summed E-state index contributed by atoms with van der Waals surface area (Å²) in [5, 5.41) is 11.0. The highest BCUT2D eigenvalue weighted by Crippen LogP contribution is 2.37. The predicted octanol–water partition coefficient (Wildman–Crippen LogP) is 8.42. The first-order valence-electron chi connectivity index (χ1n) is 14.9. The zero-order chi connectivity index (χ0) is 25.8. The molecule has 35 heavy (non-hydrogen) atoms. The monoisotopic (exact) mass is 512 g/mol. The van der Waals surface area contributed by atoms with Crippen LogP contribution in [-0.2, 0) is 14.3 Å². The lowest BCUT2D eigenvalue weighted by Crippen LogP contribution is -2.29. The van der Waals surface area contributed by atoms with E-state index in [0.29, 0.717) is 30.5 Å². The van der Waals surface area contributed by atoms with E-state index in [9.17, 15) is 14.7 Å². The molecule has 0 heterocycles. The summed E-state index contributed by atoms with van der Waals surface area (Å²) in [6, 6.07) is 0. The SMILES string of the molecule is CCCCCCCCCCOC(=O)CCCCCCC1C(=O)CCC1SCC(C)(O)CCCCC. The molecule has 206 valence electrons. The van der Waals surface area contributed by atoms with Crippen molar-refractivity contribution >= 4 is 23.5 Å². The summed E-state index contributed by atoms with van der Waals surface area (Å²) < 4.78 is 5.38. The minimum Gasteiger partial charge on any atom is -0.466 e. The van der Waals surface area contributed by atoms with E-state index in [0.717, 1.165) is 70.0 Å². The van der Waals surface area contributed by atoms with Gasteiger partial charge >= 0.3 is 5.97 Å². The molecule has 1 saturated carbocycles. The van der Waals surface area contributed by atoms with E-state index in [1.807, 2.05) is 18.7 Å². The van der Waals surface area contributed by atoms with Crippen molar-refractivity contribution in [2.45, 2.75) is 160 Å². The van der Waals surface area contributed by atoms with E-state index < -0.39 is 5.60 Å². The average molecular weight is 513 g/mol. The number of carbonyl (C=O) groups excluding carboxylic acids is 2. The number of ketones is 1. The number of ether oxygens (including phenoxy) is 1. The lowest BCUT2D eigenvalue weighted by atomic mass is 9.98. The Hall–Kier alpha value is -0.550. The third kappa shape index (κ3) is 16.7. The summed E-state index contributed by atoms with van der Waals surface area (Å²) in [5.41, 5.74) is -0.626. The molecule has 0 aliphatic heterocycles. The van der Waals surface area contributed by atoms with Gasteiger partial charge in [0, 0.05) is 29.8 Å². The van der Waals surface area contributed by atoms with Crippen molar-refractivity contribution in [3.63, 3.8) is 0 Å². The molecule has 1 N–H and O–H groups in total. The fraction of sp³-hybridized carbons (Fsp3) is 0.933. The van der Waals surface area contributed by atoms with Crippen molar-refractivity contribution in [1.82, 2.24) is 0 Å². The molecule has 1 rings (SSSR count). The third-order valence-electron chi connectivity index (χ3n) is 7.37. The number of aliphatic hydroxyl groups is 1. The van der Waals surface area contributed by atoms with Crippen molar-refractivity contribution < 1.29 is 19.4 Å². The molecule has 1 aliphatic rings. The van der Waals surface area contributed by atoms with Crippen LogP contribution in [0.15, 0.2) is 0 Å². The van der Waals surface area contributed by atoms with Gasteiger partial charge in [-0.1, -0.05) is 97.3 Å². The first-order chi connectivity index (χ1) is 16.9. The number of hydrogen-bond donors (Lipinski definition) is 1. The van der Waals surface area contributed by atoms with Crippen LogP contribution in [0.4, 0.5) is 0 Å². The van der Waals surface area contributed by atoms with Gasteiger partial charge in [-0.15, -0.1) is 0 Å². The summed E-state index contributed by atoms with van der Waals surface area (Å²) in [6.45, 7) is 6.94. The maximum atomic E-state index is 12.4. The van der Waals surface area contributed by atoms with Gasteiger partial charge in [-0.25, -0.2) is 0 Å². The number of Topliss-reactive ketones (excluding diaryl/α,β-unsaturated/α-hetero) is 1. The zero-order valence-electron chi connectivity index (χ0n) is 23.3. The Kier molecular flexibility index (Phi) is 19.0. The molecule has 0 amide bonds. The van der Waals surface area contributed by atoms with Crippen LogP contribution in [0, 0.1) is 5.92 Å². The van der Waals surface area contributed by atoms with Gasteiger partial charge in [0.2, 0.25) is 0 Å². The van der Waals surface area contributed by atoms with Crippen LogP contribution in [0.25, 0.3) is 0 Å². The smallest absolute Gasteiger partial charge is 0.305 e. The molecule has 0 aromatic carbocycles. The average Bonchev–Trinajstić information content (AvgIpc) is 3.18. The molecule has 0 spiro atoms. The van der Waals surface area contributed by atoms with Crippen molar-refractivity contribution in [1.29, 1.82) is 0 Å². The van der Waals surface area contributed by atoms with Crippen molar-refractivity contribution in [2.24, 2.45) is 5.92 Å². The molecule has 1 aliphatic carbocycles. The number of esters is 1. The van der Waals surface area contributed by atoms with E-state index in [-0.39, 0.29) is 11.9 Å². The molecule has 0 bridgehead atoms. The Labute approximate surface area is 221 Å². The fourth-order valence-corrected chi connectivity index (χ4v) is 6.54. The van der Waals surface area contributed by atoms with Crippen LogP contribution < -0.4 is 0 Å². The molecule has 4 nitrogen and oxygen atoms in total. The Balaban J connectivity index is 2.05. The van der Waals surface area contributed by atoms with E-state index >= 15 is 0 Å². The van der Waals surface area contributed by atoms with Crippen molar-refractivity contribution in [3.8, 4) is 0 Å². The van der Waals surface area contributed by atoms with Crippen LogP contribution in [0.5, 0.6) is 0 Å². The van der Waals surface area contributed by atoms with E-state index in [1.165, 1.54) is 51.4 Å². The topological polar surface area (TPSA) is 63.6 Å². The summed E-state index contributed by atoms with van der Waals surface area (Å²) in [4.78, 5) is 24.3. The number of unbranched alkanes of at least 4 members (excludes halogenated alkanes) is 12. The van der Waals surface area contributed by atoms with Crippen LogP contribution in [-0.4, -0.2) is 40.1 Å². The first-order valence-corrected chi connectivity index (χ1v) is 16.0. The van der Waals surface area contributed by atoms with Gasteiger partial charge in [0.1, 0.15) is 5.78 Å². The second kappa shape index (κ2) is 20.5. The van der Waals surface area contributed by atoms with Crippen LogP contribution in [0.2, 0.25) is 0 Å². The normalized spacial score (nSPS) is 19.7. The quantitative estimate of drug-likeness (QED) is 0.110. The Morgan fingerprint density at radius 3 is 2.23 bits per heavy atom. The van der Waals surface area contributed by atoms with Crippen molar-refractivity contribution in [3.05, 3.63) is 0 Å². The Morgan fingerprint density at radius 1 is 0.914 bits per heavy atom. The highest BCUT2D eigenvalue weighted by atomic mass is 32.2.